The highest BCUT2D eigenvalue weighted by atomic mass is 16.6. The molecule has 1 aromatic carbocycles. The Morgan fingerprint density at radius 3 is 2.90 bits per heavy atom. The first-order valence-corrected chi connectivity index (χ1v) is 10.7. The normalized spacial score (nSPS) is 26.2. The Labute approximate surface area is 176 Å². The van der Waals surface area contributed by atoms with Crippen molar-refractivity contribution in [3.63, 3.8) is 0 Å². The van der Waals surface area contributed by atoms with Crippen LogP contribution in [0.5, 0.6) is 0 Å². The fourth-order valence-corrected chi connectivity index (χ4v) is 4.24. The van der Waals surface area contributed by atoms with Crippen LogP contribution in [-0.4, -0.2) is 42.9 Å². The number of nitrogens with one attached hydrogen (secondary N) is 1. The average Bonchev–Trinajstić information content (AvgIpc) is 2.96. The molecule has 7 heteroatoms. The number of rotatable bonds is 2. The maximum Gasteiger partial charge on any atom is 0.256 e. The Bertz CT molecular complexity index is 920. The van der Waals surface area contributed by atoms with Crippen molar-refractivity contribution < 1.29 is 19.0 Å². The number of benzene rings is 1. The number of ether oxygens (including phenoxy) is 3. The fourth-order valence-electron chi connectivity index (χ4n) is 4.24. The minimum absolute atomic E-state index is 0.000961. The van der Waals surface area contributed by atoms with Gasteiger partial charge in [-0.15, -0.1) is 0 Å². The van der Waals surface area contributed by atoms with E-state index in [9.17, 15) is 4.79 Å². The molecule has 0 radical (unpaired) electrons. The maximum atomic E-state index is 13.5. The zero-order valence-corrected chi connectivity index (χ0v) is 17.2. The first kappa shape index (κ1) is 19.5. The van der Waals surface area contributed by atoms with E-state index in [-0.39, 0.29) is 18.1 Å². The third-order valence-electron chi connectivity index (χ3n) is 5.94. The van der Waals surface area contributed by atoms with E-state index >= 15 is 0 Å². The maximum absolute atomic E-state index is 13.5. The van der Waals surface area contributed by atoms with Gasteiger partial charge in [-0.2, -0.15) is 0 Å². The SMILES string of the molecule is CC1COC(c2ccc3c(c2)N(C(=O)C2CCCCO2)Cc2cccnc2N3)CO1. The van der Waals surface area contributed by atoms with E-state index in [0.717, 1.165) is 47.6 Å². The predicted octanol–water partition coefficient (Wildman–Crippen LogP) is 3.72. The number of carbonyl (C=O) groups is 1. The lowest BCUT2D eigenvalue weighted by Crippen LogP contribution is -2.41. The number of hydrogen-bond acceptors (Lipinski definition) is 6. The van der Waals surface area contributed by atoms with Gasteiger partial charge < -0.3 is 24.4 Å². The summed E-state index contributed by atoms with van der Waals surface area (Å²) in [6.45, 7) is 4.16. The van der Waals surface area contributed by atoms with Crippen molar-refractivity contribution >= 4 is 23.1 Å². The number of hydrogen-bond donors (Lipinski definition) is 1. The molecule has 4 heterocycles. The summed E-state index contributed by atoms with van der Waals surface area (Å²) < 4.78 is 17.6. The fraction of sp³-hybridized carbons (Fsp3) is 0.478. The summed E-state index contributed by atoms with van der Waals surface area (Å²) in [6.07, 6.45) is 4.10. The quantitative estimate of drug-likeness (QED) is 0.815. The van der Waals surface area contributed by atoms with Crippen molar-refractivity contribution in [2.45, 2.75) is 51.0 Å². The molecule has 0 bridgehead atoms. The Balaban J connectivity index is 1.52. The molecule has 1 N–H and O–H groups in total. The van der Waals surface area contributed by atoms with Crippen molar-refractivity contribution in [2.24, 2.45) is 0 Å². The zero-order valence-electron chi connectivity index (χ0n) is 17.2. The van der Waals surface area contributed by atoms with Crippen LogP contribution in [0.3, 0.4) is 0 Å². The van der Waals surface area contributed by atoms with Crippen LogP contribution in [0.4, 0.5) is 17.2 Å². The molecule has 0 aliphatic carbocycles. The van der Waals surface area contributed by atoms with Crippen molar-refractivity contribution in [3.05, 3.63) is 47.7 Å². The number of anilines is 3. The van der Waals surface area contributed by atoms with Crippen molar-refractivity contribution in [2.75, 3.05) is 30.0 Å². The number of carbonyl (C=O) groups excluding carboxylic acids is 1. The summed E-state index contributed by atoms with van der Waals surface area (Å²) in [5, 5.41) is 3.41. The average molecular weight is 409 g/mol. The van der Waals surface area contributed by atoms with Gasteiger partial charge in [0.05, 0.1) is 37.2 Å². The van der Waals surface area contributed by atoms with Crippen LogP contribution in [0.1, 0.15) is 43.4 Å². The molecular formula is C23H27N3O4. The van der Waals surface area contributed by atoms with E-state index in [4.69, 9.17) is 14.2 Å². The molecule has 3 atom stereocenters. The second kappa shape index (κ2) is 8.34. The minimum Gasteiger partial charge on any atom is -0.373 e. The van der Waals surface area contributed by atoms with Crippen molar-refractivity contribution in [3.8, 4) is 0 Å². The van der Waals surface area contributed by atoms with E-state index < -0.39 is 6.10 Å². The molecule has 1 amide bonds. The third-order valence-corrected chi connectivity index (χ3v) is 5.94. The molecule has 3 aliphatic heterocycles. The molecule has 3 unspecified atom stereocenters. The van der Waals surface area contributed by atoms with E-state index in [1.54, 1.807) is 6.20 Å². The van der Waals surface area contributed by atoms with Crippen LogP contribution in [0.15, 0.2) is 36.5 Å². The molecule has 158 valence electrons. The van der Waals surface area contributed by atoms with Crippen LogP contribution in [0.2, 0.25) is 0 Å². The molecule has 5 rings (SSSR count). The summed E-state index contributed by atoms with van der Waals surface area (Å²) in [4.78, 5) is 19.8. The molecule has 0 saturated carbocycles. The summed E-state index contributed by atoms with van der Waals surface area (Å²) in [6, 6.07) is 9.97. The van der Waals surface area contributed by atoms with Crippen LogP contribution < -0.4 is 10.2 Å². The van der Waals surface area contributed by atoms with E-state index in [1.807, 2.05) is 42.2 Å². The lowest BCUT2D eigenvalue weighted by molar-refractivity contribution is -0.132. The van der Waals surface area contributed by atoms with Gasteiger partial charge in [-0.1, -0.05) is 12.1 Å². The predicted molar refractivity (Wildman–Crippen MR) is 113 cm³/mol. The Morgan fingerprint density at radius 1 is 1.17 bits per heavy atom. The van der Waals surface area contributed by atoms with Crippen molar-refractivity contribution in [1.82, 2.24) is 4.98 Å². The van der Waals surface area contributed by atoms with Gasteiger partial charge in [-0.05, 0) is 49.9 Å². The van der Waals surface area contributed by atoms with Gasteiger partial charge in [0.1, 0.15) is 18.0 Å². The van der Waals surface area contributed by atoms with Crippen LogP contribution >= 0.6 is 0 Å². The van der Waals surface area contributed by atoms with Gasteiger partial charge in [-0.3, -0.25) is 4.79 Å². The highest BCUT2D eigenvalue weighted by molar-refractivity contribution is 6.00. The highest BCUT2D eigenvalue weighted by Gasteiger charge is 2.32. The first-order chi connectivity index (χ1) is 14.7. The van der Waals surface area contributed by atoms with Crippen molar-refractivity contribution in [1.29, 1.82) is 0 Å². The molecule has 2 saturated heterocycles. The molecule has 2 aromatic rings. The lowest BCUT2D eigenvalue weighted by Gasteiger charge is -2.31. The Hall–Kier alpha value is -2.48. The molecular weight excluding hydrogens is 382 g/mol. The number of pyridine rings is 1. The number of fused-ring (bicyclic) bond motifs is 2. The highest BCUT2D eigenvalue weighted by Crippen LogP contribution is 2.38. The van der Waals surface area contributed by atoms with Gasteiger partial charge in [0.15, 0.2) is 0 Å². The summed E-state index contributed by atoms with van der Waals surface area (Å²) in [5.41, 5.74) is 3.66. The molecule has 30 heavy (non-hydrogen) atoms. The molecule has 0 spiro atoms. The van der Waals surface area contributed by atoms with Crippen LogP contribution in [0, 0.1) is 0 Å². The monoisotopic (exact) mass is 409 g/mol. The van der Waals surface area contributed by atoms with Gasteiger partial charge in [0.2, 0.25) is 0 Å². The topological polar surface area (TPSA) is 72.9 Å². The van der Waals surface area contributed by atoms with E-state index in [2.05, 4.69) is 10.3 Å². The van der Waals surface area contributed by atoms with Crippen LogP contribution in [-0.2, 0) is 25.5 Å². The van der Waals surface area contributed by atoms with Crippen LogP contribution in [0.25, 0.3) is 0 Å². The summed E-state index contributed by atoms with van der Waals surface area (Å²) >= 11 is 0. The van der Waals surface area contributed by atoms with Gasteiger partial charge in [0, 0.05) is 18.4 Å². The largest absolute Gasteiger partial charge is 0.373 e. The molecule has 2 fully saturated rings. The van der Waals surface area contributed by atoms with Gasteiger partial charge in [-0.25, -0.2) is 4.98 Å². The van der Waals surface area contributed by atoms with Gasteiger partial charge in [0.25, 0.3) is 5.91 Å². The lowest BCUT2D eigenvalue weighted by atomic mass is 10.0. The Kier molecular flexibility index (Phi) is 5.41. The molecule has 3 aliphatic rings. The number of aromatic nitrogens is 1. The molecule has 1 aromatic heterocycles. The summed E-state index contributed by atoms with van der Waals surface area (Å²) in [5.74, 6) is 0.776. The molecule has 7 nitrogen and oxygen atoms in total. The smallest absolute Gasteiger partial charge is 0.256 e. The zero-order chi connectivity index (χ0) is 20.5. The van der Waals surface area contributed by atoms with E-state index in [0.29, 0.717) is 26.4 Å². The summed E-state index contributed by atoms with van der Waals surface area (Å²) in [7, 11) is 0. The third kappa shape index (κ3) is 3.80. The van der Waals surface area contributed by atoms with Gasteiger partial charge >= 0.3 is 0 Å². The second-order valence-electron chi connectivity index (χ2n) is 8.16. The number of amides is 1. The number of nitrogens with zero attached hydrogens (tertiary/aromatic N) is 2. The Morgan fingerprint density at radius 2 is 2.10 bits per heavy atom. The van der Waals surface area contributed by atoms with E-state index in [1.165, 1.54) is 0 Å². The minimum atomic E-state index is -0.399. The second-order valence-corrected chi connectivity index (χ2v) is 8.16. The standard InChI is InChI=1S/C23H27N3O4/c1-15-13-30-21(14-29-15)16-7-8-18-19(11-16)26(23(27)20-6-2-3-10-28-20)12-17-5-4-9-24-22(17)25-18/h4-5,7-9,11,15,20-21H,2-3,6,10,12-14H2,1H3,(H,24,25). The first-order valence-electron chi connectivity index (χ1n) is 10.7.